The molecule has 1 aliphatic carbocycles. The van der Waals surface area contributed by atoms with E-state index < -0.39 is 11.6 Å². The molecule has 1 fully saturated rings. The number of carboxylic acids is 1. The first-order valence-electron chi connectivity index (χ1n) is 5.26. The summed E-state index contributed by atoms with van der Waals surface area (Å²) in [5.41, 5.74) is -0.625. The van der Waals surface area contributed by atoms with Crippen LogP contribution in [0.25, 0.3) is 0 Å². The summed E-state index contributed by atoms with van der Waals surface area (Å²) in [6.07, 6.45) is 2.37. The Kier molecular flexibility index (Phi) is 2.81. The van der Waals surface area contributed by atoms with E-state index in [0.717, 1.165) is 19.3 Å². The zero-order chi connectivity index (χ0) is 11.6. The smallest absolute Gasteiger partial charge is 0.307 e. The lowest BCUT2D eigenvalue weighted by molar-refractivity contribution is -0.144. The van der Waals surface area contributed by atoms with Gasteiger partial charge in [0.15, 0.2) is 0 Å². The number of rotatable bonds is 4. The van der Waals surface area contributed by atoms with Gasteiger partial charge < -0.3 is 9.84 Å². The molecule has 0 spiro atoms. The van der Waals surface area contributed by atoms with Crippen molar-refractivity contribution in [3.63, 3.8) is 0 Å². The first kappa shape index (κ1) is 10.9. The Morgan fingerprint density at radius 1 is 1.50 bits per heavy atom. The molecule has 1 aromatic carbocycles. The van der Waals surface area contributed by atoms with Crippen molar-refractivity contribution in [3.05, 3.63) is 30.1 Å². The highest BCUT2D eigenvalue weighted by molar-refractivity contribution is 5.68. The highest BCUT2D eigenvalue weighted by atomic mass is 19.1. The van der Waals surface area contributed by atoms with Gasteiger partial charge in [-0.25, -0.2) is 4.39 Å². The summed E-state index contributed by atoms with van der Waals surface area (Å²) in [6.45, 7) is 0. The molecule has 0 unspecified atom stereocenters. The van der Waals surface area contributed by atoms with Crippen molar-refractivity contribution in [2.24, 2.45) is 0 Å². The molecule has 16 heavy (non-hydrogen) atoms. The number of carboxylic acid groups (broad SMARTS) is 1. The van der Waals surface area contributed by atoms with E-state index in [4.69, 9.17) is 9.84 Å². The number of halogens is 1. The van der Waals surface area contributed by atoms with E-state index in [2.05, 4.69) is 0 Å². The Hall–Kier alpha value is -1.58. The first-order valence-corrected chi connectivity index (χ1v) is 5.26. The fourth-order valence-electron chi connectivity index (χ4n) is 1.94. The zero-order valence-corrected chi connectivity index (χ0v) is 8.78. The predicted molar refractivity (Wildman–Crippen MR) is 55.9 cm³/mol. The molecule has 0 atom stereocenters. The molecule has 2 rings (SSSR count). The van der Waals surface area contributed by atoms with E-state index in [0.29, 0.717) is 5.75 Å². The lowest BCUT2D eigenvalue weighted by atomic mass is 9.77. The molecule has 86 valence electrons. The van der Waals surface area contributed by atoms with Crippen LogP contribution >= 0.6 is 0 Å². The van der Waals surface area contributed by atoms with Gasteiger partial charge in [-0.3, -0.25) is 4.79 Å². The fraction of sp³-hybridized carbons (Fsp3) is 0.417. The van der Waals surface area contributed by atoms with Crippen LogP contribution in [0.15, 0.2) is 24.3 Å². The van der Waals surface area contributed by atoms with Crippen molar-refractivity contribution in [1.82, 2.24) is 0 Å². The Morgan fingerprint density at radius 2 is 2.25 bits per heavy atom. The van der Waals surface area contributed by atoms with Crippen LogP contribution in [0.5, 0.6) is 5.75 Å². The molecule has 0 aromatic heterocycles. The van der Waals surface area contributed by atoms with Crippen molar-refractivity contribution >= 4 is 5.97 Å². The predicted octanol–water partition coefficient (Wildman–Crippen LogP) is 2.60. The van der Waals surface area contributed by atoms with Gasteiger partial charge in [0, 0.05) is 6.07 Å². The molecule has 0 saturated heterocycles. The van der Waals surface area contributed by atoms with Gasteiger partial charge in [-0.2, -0.15) is 0 Å². The van der Waals surface area contributed by atoms with Gasteiger partial charge in [0.2, 0.25) is 0 Å². The van der Waals surface area contributed by atoms with Gasteiger partial charge in [0.05, 0.1) is 6.42 Å². The number of carbonyl (C=O) groups is 1. The van der Waals surface area contributed by atoms with Crippen molar-refractivity contribution in [3.8, 4) is 5.75 Å². The molecule has 0 bridgehead atoms. The Bertz CT molecular complexity index is 399. The van der Waals surface area contributed by atoms with Crippen LogP contribution < -0.4 is 4.74 Å². The third kappa shape index (κ3) is 2.32. The average Bonchev–Trinajstić information content (AvgIpc) is 2.13. The van der Waals surface area contributed by atoms with Gasteiger partial charge in [0.1, 0.15) is 17.2 Å². The summed E-state index contributed by atoms with van der Waals surface area (Å²) in [7, 11) is 0. The van der Waals surface area contributed by atoms with E-state index in [9.17, 15) is 9.18 Å². The van der Waals surface area contributed by atoms with Crippen LogP contribution in [-0.2, 0) is 4.79 Å². The van der Waals surface area contributed by atoms with E-state index >= 15 is 0 Å². The van der Waals surface area contributed by atoms with Gasteiger partial charge in [0.25, 0.3) is 0 Å². The molecule has 0 heterocycles. The van der Waals surface area contributed by atoms with Crippen molar-refractivity contribution < 1.29 is 19.0 Å². The Labute approximate surface area is 92.9 Å². The van der Waals surface area contributed by atoms with E-state index in [1.165, 1.54) is 12.1 Å². The molecule has 1 aliphatic rings. The molecular formula is C12H13FO3. The summed E-state index contributed by atoms with van der Waals surface area (Å²) in [6, 6.07) is 5.81. The van der Waals surface area contributed by atoms with Crippen molar-refractivity contribution in [2.45, 2.75) is 31.3 Å². The summed E-state index contributed by atoms with van der Waals surface area (Å²) >= 11 is 0. The number of aliphatic carboxylic acids is 1. The van der Waals surface area contributed by atoms with Gasteiger partial charge in [-0.05, 0) is 31.4 Å². The SMILES string of the molecule is O=C(O)CC1(Oc2cccc(F)c2)CCC1. The maximum atomic E-state index is 12.9. The van der Waals surface area contributed by atoms with Gasteiger partial charge in [-0.15, -0.1) is 0 Å². The van der Waals surface area contributed by atoms with E-state index in [1.54, 1.807) is 12.1 Å². The van der Waals surface area contributed by atoms with Gasteiger partial charge >= 0.3 is 5.97 Å². The normalized spacial score (nSPS) is 17.6. The minimum Gasteiger partial charge on any atom is -0.487 e. The molecule has 0 radical (unpaired) electrons. The monoisotopic (exact) mass is 224 g/mol. The highest BCUT2D eigenvalue weighted by Gasteiger charge is 2.41. The first-order chi connectivity index (χ1) is 7.60. The molecular weight excluding hydrogens is 211 g/mol. The lowest BCUT2D eigenvalue weighted by Gasteiger charge is -2.40. The molecule has 0 amide bonds. The fourth-order valence-corrected chi connectivity index (χ4v) is 1.94. The maximum Gasteiger partial charge on any atom is 0.307 e. The molecule has 1 N–H and O–H groups in total. The second kappa shape index (κ2) is 4.12. The summed E-state index contributed by atoms with van der Waals surface area (Å²) in [5, 5.41) is 8.79. The van der Waals surface area contributed by atoms with Crippen LogP contribution in [-0.4, -0.2) is 16.7 Å². The van der Waals surface area contributed by atoms with Gasteiger partial charge in [-0.1, -0.05) is 6.07 Å². The zero-order valence-electron chi connectivity index (χ0n) is 8.78. The minimum absolute atomic E-state index is 0.0243. The second-order valence-corrected chi connectivity index (χ2v) is 4.17. The Balaban J connectivity index is 2.09. The molecule has 1 aromatic rings. The lowest BCUT2D eigenvalue weighted by Crippen LogP contribution is -2.45. The number of ether oxygens (including phenoxy) is 1. The number of hydrogen-bond donors (Lipinski definition) is 1. The average molecular weight is 224 g/mol. The van der Waals surface area contributed by atoms with Crippen LogP contribution in [0.2, 0.25) is 0 Å². The van der Waals surface area contributed by atoms with Crippen molar-refractivity contribution in [1.29, 1.82) is 0 Å². The quantitative estimate of drug-likeness (QED) is 0.855. The Morgan fingerprint density at radius 3 is 2.75 bits per heavy atom. The summed E-state index contributed by atoms with van der Waals surface area (Å²) in [5.74, 6) is -0.848. The van der Waals surface area contributed by atoms with Crippen LogP contribution in [0, 0.1) is 5.82 Å². The third-order valence-electron chi connectivity index (χ3n) is 2.87. The molecule has 4 heteroatoms. The molecule has 3 nitrogen and oxygen atoms in total. The van der Waals surface area contributed by atoms with Crippen molar-refractivity contribution in [2.75, 3.05) is 0 Å². The summed E-state index contributed by atoms with van der Waals surface area (Å²) in [4.78, 5) is 10.7. The maximum absolute atomic E-state index is 12.9. The second-order valence-electron chi connectivity index (χ2n) is 4.17. The highest BCUT2D eigenvalue weighted by Crippen LogP contribution is 2.39. The van der Waals surface area contributed by atoms with E-state index in [-0.39, 0.29) is 12.2 Å². The standard InChI is InChI=1S/C12H13FO3/c13-9-3-1-4-10(7-9)16-12(5-2-6-12)8-11(14)15/h1,3-4,7H,2,5-6,8H2,(H,14,15). The van der Waals surface area contributed by atoms with Crippen LogP contribution in [0.1, 0.15) is 25.7 Å². The van der Waals surface area contributed by atoms with Crippen LogP contribution in [0.4, 0.5) is 4.39 Å². The topological polar surface area (TPSA) is 46.5 Å². The number of hydrogen-bond acceptors (Lipinski definition) is 2. The summed E-state index contributed by atoms with van der Waals surface area (Å²) < 4.78 is 18.5. The molecule has 0 aliphatic heterocycles. The number of benzene rings is 1. The minimum atomic E-state index is -0.879. The largest absolute Gasteiger partial charge is 0.487 e. The molecule has 1 saturated carbocycles. The third-order valence-corrected chi connectivity index (χ3v) is 2.87. The van der Waals surface area contributed by atoms with E-state index in [1.807, 2.05) is 0 Å². The van der Waals surface area contributed by atoms with Crippen LogP contribution in [0.3, 0.4) is 0 Å².